The van der Waals surface area contributed by atoms with Gasteiger partial charge in [0.25, 0.3) is 0 Å². The molecule has 3 aromatic rings. The zero-order valence-electron chi connectivity index (χ0n) is 16.2. The summed E-state index contributed by atoms with van der Waals surface area (Å²) in [6.07, 6.45) is -0.0167. The van der Waals surface area contributed by atoms with Crippen molar-refractivity contribution in [1.29, 1.82) is 0 Å². The standard InChI is InChI=1S/C22H19F2N3O2/c1-11-4-5-14(8-12(11)2)21(29)16-10-19(28)25-22-20(16)13(3)26-27(22)18-7-6-15(23)9-17(18)24/h4-9,16H,10H2,1-3H3,(H,25,28)/t16-/m1/s1. The average molecular weight is 395 g/mol. The summed E-state index contributed by atoms with van der Waals surface area (Å²) in [5, 5.41) is 7.03. The number of carbonyl (C=O) groups is 2. The first-order chi connectivity index (χ1) is 13.8. The van der Waals surface area contributed by atoms with Gasteiger partial charge in [-0.1, -0.05) is 12.1 Å². The van der Waals surface area contributed by atoms with E-state index in [2.05, 4.69) is 10.4 Å². The highest BCUT2D eigenvalue weighted by Gasteiger charge is 2.36. The Morgan fingerprint density at radius 2 is 1.86 bits per heavy atom. The number of amides is 1. The molecule has 148 valence electrons. The third kappa shape index (κ3) is 3.22. The lowest BCUT2D eigenvalue weighted by atomic mass is 9.85. The molecule has 5 nitrogen and oxygen atoms in total. The van der Waals surface area contributed by atoms with Gasteiger partial charge in [-0.25, -0.2) is 13.5 Å². The number of halogens is 2. The molecule has 2 heterocycles. The fourth-order valence-electron chi connectivity index (χ4n) is 3.69. The van der Waals surface area contributed by atoms with Crippen molar-refractivity contribution in [3.8, 4) is 5.69 Å². The van der Waals surface area contributed by atoms with Crippen LogP contribution in [0.3, 0.4) is 0 Å². The molecule has 0 radical (unpaired) electrons. The lowest BCUT2D eigenvalue weighted by Crippen LogP contribution is -2.28. The minimum Gasteiger partial charge on any atom is -0.310 e. The SMILES string of the molecule is Cc1ccc(C(=O)[C@@H]2CC(=O)Nc3c2c(C)nn3-c2ccc(F)cc2F)cc1C. The number of anilines is 1. The highest BCUT2D eigenvalue weighted by molar-refractivity contribution is 6.08. The fourth-order valence-corrected chi connectivity index (χ4v) is 3.69. The number of carbonyl (C=O) groups excluding carboxylic acids is 2. The predicted octanol–water partition coefficient (Wildman–Crippen LogP) is 4.38. The number of hydrogen-bond acceptors (Lipinski definition) is 3. The number of nitrogens with one attached hydrogen (secondary N) is 1. The van der Waals surface area contributed by atoms with Gasteiger partial charge in [-0.2, -0.15) is 5.10 Å². The van der Waals surface area contributed by atoms with Gasteiger partial charge in [-0.15, -0.1) is 0 Å². The fraction of sp³-hybridized carbons (Fsp3) is 0.227. The number of aromatic nitrogens is 2. The molecule has 1 aromatic heterocycles. The Morgan fingerprint density at radius 3 is 2.55 bits per heavy atom. The topological polar surface area (TPSA) is 64.0 Å². The van der Waals surface area contributed by atoms with Crippen molar-refractivity contribution in [3.05, 3.63) is 76.0 Å². The van der Waals surface area contributed by atoms with Crippen LogP contribution in [0.2, 0.25) is 0 Å². The van der Waals surface area contributed by atoms with Crippen LogP contribution in [-0.4, -0.2) is 21.5 Å². The minimum atomic E-state index is -0.813. The molecule has 7 heteroatoms. The number of rotatable bonds is 3. The summed E-state index contributed by atoms with van der Waals surface area (Å²) in [5.74, 6) is -2.55. The molecule has 2 aromatic carbocycles. The predicted molar refractivity (Wildman–Crippen MR) is 104 cm³/mol. The van der Waals surface area contributed by atoms with Crippen molar-refractivity contribution in [2.45, 2.75) is 33.1 Å². The molecule has 1 amide bonds. The Hall–Kier alpha value is -3.35. The molecule has 29 heavy (non-hydrogen) atoms. The zero-order chi connectivity index (χ0) is 20.9. The van der Waals surface area contributed by atoms with Crippen molar-refractivity contribution < 1.29 is 18.4 Å². The molecule has 1 N–H and O–H groups in total. The van der Waals surface area contributed by atoms with Gasteiger partial charge in [0.1, 0.15) is 17.3 Å². The van der Waals surface area contributed by atoms with Gasteiger partial charge in [0.2, 0.25) is 5.91 Å². The molecule has 1 atom stereocenters. The van der Waals surface area contributed by atoms with Crippen molar-refractivity contribution in [1.82, 2.24) is 9.78 Å². The molecule has 0 unspecified atom stereocenters. The van der Waals surface area contributed by atoms with Crippen LogP contribution in [0, 0.1) is 32.4 Å². The molecule has 4 rings (SSSR count). The molecule has 0 saturated carbocycles. The lowest BCUT2D eigenvalue weighted by Gasteiger charge is -2.23. The number of nitrogens with zero attached hydrogens (tertiary/aromatic N) is 2. The Kier molecular flexibility index (Phi) is 4.53. The molecule has 0 bridgehead atoms. The summed E-state index contributed by atoms with van der Waals surface area (Å²) >= 11 is 0. The monoisotopic (exact) mass is 395 g/mol. The van der Waals surface area contributed by atoms with Crippen molar-refractivity contribution >= 4 is 17.5 Å². The van der Waals surface area contributed by atoms with Crippen molar-refractivity contribution in [2.75, 3.05) is 5.32 Å². The van der Waals surface area contributed by atoms with Gasteiger partial charge in [0.05, 0.1) is 11.6 Å². The molecule has 0 saturated heterocycles. The van der Waals surface area contributed by atoms with E-state index in [0.717, 1.165) is 23.3 Å². The second-order valence-electron chi connectivity index (χ2n) is 7.32. The number of aryl methyl sites for hydroxylation is 3. The van der Waals surface area contributed by atoms with Crippen LogP contribution in [0.4, 0.5) is 14.6 Å². The lowest BCUT2D eigenvalue weighted by molar-refractivity contribution is -0.116. The Balaban J connectivity index is 1.83. The summed E-state index contributed by atoms with van der Waals surface area (Å²) in [7, 11) is 0. The molecule has 1 aliphatic rings. The zero-order valence-corrected chi connectivity index (χ0v) is 16.2. The smallest absolute Gasteiger partial charge is 0.226 e. The number of hydrogen-bond donors (Lipinski definition) is 1. The first kappa shape index (κ1) is 19.0. The van der Waals surface area contributed by atoms with E-state index in [-0.39, 0.29) is 29.6 Å². The number of ketones is 1. The maximum absolute atomic E-state index is 14.3. The number of benzene rings is 2. The van der Waals surface area contributed by atoms with E-state index in [9.17, 15) is 18.4 Å². The quantitative estimate of drug-likeness (QED) is 0.669. The summed E-state index contributed by atoms with van der Waals surface area (Å²) in [6.45, 7) is 5.59. The van der Waals surface area contributed by atoms with Gasteiger partial charge in [-0.3, -0.25) is 9.59 Å². The molecular weight excluding hydrogens is 376 g/mol. The summed E-state index contributed by atoms with van der Waals surface area (Å²) in [5.41, 5.74) is 3.62. The van der Waals surface area contributed by atoms with Crippen LogP contribution in [0.5, 0.6) is 0 Å². The maximum atomic E-state index is 14.3. The van der Waals surface area contributed by atoms with E-state index in [0.29, 0.717) is 16.8 Å². The van der Waals surface area contributed by atoms with Crippen LogP contribution in [-0.2, 0) is 4.79 Å². The Labute approximate surface area is 166 Å². The van der Waals surface area contributed by atoms with Gasteiger partial charge in [-0.05, 0) is 50.1 Å². The van der Waals surface area contributed by atoms with Crippen LogP contribution < -0.4 is 5.32 Å². The molecule has 0 fully saturated rings. The van der Waals surface area contributed by atoms with Crippen LogP contribution in [0.15, 0.2) is 36.4 Å². The first-order valence-corrected chi connectivity index (χ1v) is 9.22. The summed E-state index contributed by atoms with van der Waals surface area (Å²) in [4.78, 5) is 25.6. The van der Waals surface area contributed by atoms with E-state index in [1.165, 1.54) is 10.7 Å². The normalized spacial score (nSPS) is 15.8. The van der Waals surface area contributed by atoms with Crippen molar-refractivity contribution in [2.24, 2.45) is 0 Å². The van der Waals surface area contributed by atoms with Gasteiger partial charge in [0.15, 0.2) is 11.6 Å². The van der Waals surface area contributed by atoms with Crippen LogP contribution in [0.1, 0.15) is 45.1 Å². The summed E-state index contributed by atoms with van der Waals surface area (Å²) in [6, 6.07) is 8.54. The van der Waals surface area contributed by atoms with Crippen LogP contribution >= 0.6 is 0 Å². The van der Waals surface area contributed by atoms with E-state index < -0.39 is 17.6 Å². The molecular formula is C22H19F2N3O2. The number of Topliss-reactive ketones (excluding diaryl/α,β-unsaturated/α-hetero) is 1. The van der Waals surface area contributed by atoms with E-state index in [1.807, 2.05) is 26.0 Å². The van der Waals surface area contributed by atoms with Crippen molar-refractivity contribution in [3.63, 3.8) is 0 Å². The third-order valence-electron chi connectivity index (χ3n) is 5.35. The maximum Gasteiger partial charge on any atom is 0.226 e. The van der Waals surface area contributed by atoms with Gasteiger partial charge < -0.3 is 5.32 Å². The second kappa shape index (κ2) is 6.92. The average Bonchev–Trinajstić information content (AvgIpc) is 2.99. The highest BCUT2D eigenvalue weighted by atomic mass is 19.1. The molecule has 1 aliphatic heterocycles. The Bertz CT molecular complexity index is 1170. The second-order valence-corrected chi connectivity index (χ2v) is 7.32. The first-order valence-electron chi connectivity index (χ1n) is 9.22. The van der Waals surface area contributed by atoms with Gasteiger partial charge >= 0.3 is 0 Å². The third-order valence-corrected chi connectivity index (χ3v) is 5.35. The molecule has 0 aliphatic carbocycles. The Morgan fingerprint density at radius 1 is 1.10 bits per heavy atom. The molecule has 0 spiro atoms. The number of fused-ring (bicyclic) bond motifs is 1. The summed E-state index contributed by atoms with van der Waals surface area (Å²) < 4.78 is 28.9. The largest absolute Gasteiger partial charge is 0.310 e. The van der Waals surface area contributed by atoms with E-state index in [1.54, 1.807) is 13.0 Å². The van der Waals surface area contributed by atoms with E-state index in [4.69, 9.17) is 0 Å². The van der Waals surface area contributed by atoms with E-state index >= 15 is 0 Å². The van der Waals surface area contributed by atoms with Gasteiger partial charge in [0, 0.05) is 23.6 Å². The highest BCUT2D eigenvalue weighted by Crippen LogP contribution is 2.38. The minimum absolute atomic E-state index is 0.00432. The van der Waals surface area contributed by atoms with Crippen LogP contribution in [0.25, 0.3) is 5.69 Å².